The van der Waals surface area contributed by atoms with Crippen LogP contribution >= 0.6 is 0 Å². The first-order valence-corrected chi connectivity index (χ1v) is 5.03. The Hall–Kier alpha value is -1.88. The number of hydrogen-bond acceptors (Lipinski definition) is 4. The predicted octanol–water partition coefficient (Wildman–Crippen LogP) is 0.673. The summed E-state index contributed by atoms with van der Waals surface area (Å²) in [6, 6.07) is 4.67. The molecule has 0 aliphatic carbocycles. The van der Waals surface area contributed by atoms with Crippen LogP contribution in [0.5, 0.6) is 5.75 Å². The molecule has 5 heteroatoms. The number of phenolic OH excluding ortho intramolecular Hbond substituents is 1. The Bertz CT molecular complexity index is 602. The van der Waals surface area contributed by atoms with E-state index in [1.54, 1.807) is 10.6 Å². The Kier molecular flexibility index (Phi) is 1.94. The normalized spacial score (nSPS) is 16.2. The van der Waals surface area contributed by atoms with E-state index in [4.69, 9.17) is 4.74 Å². The molecular formula is C11H10N2O3. The molecule has 0 amide bonds. The van der Waals surface area contributed by atoms with Crippen molar-refractivity contribution in [3.05, 3.63) is 34.9 Å². The van der Waals surface area contributed by atoms with E-state index < -0.39 is 0 Å². The molecule has 0 spiro atoms. The first-order chi connectivity index (χ1) is 7.75. The molecule has 2 aromatic rings. The van der Waals surface area contributed by atoms with Crippen LogP contribution in [0.2, 0.25) is 0 Å². The van der Waals surface area contributed by atoms with Gasteiger partial charge in [0.25, 0.3) is 5.56 Å². The molecule has 1 fully saturated rings. The molecule has 16 heavy (non-hydrogen) atoms. The third-order valence-corrected chi connectivity index (χ3v) is 2.78. The molecule has 0 bridgehead atoms. The van der Waals surface area contributed by atoms with E-state index in [-0.39, 0.29) is 17.4 Å². The van der Waals surface area contributed by atoms with Crippen LogP contribution in [0.3, 0.4) is 0 Å². The molecule has 3 rings (SSSR count). The van der Waals surface area contributed by atoms with Gasteiger partial charge in [0.1, 0.15) is 5.75 Å². The average Bonchev–Trinajstić information content (AvgIpc) is 2.20. The summed E-state index contributed by atoms with van der Waals surface area (Å²) in [6.45, 7) is 1.10. The van der Waals surface area contributed by atoms with Crippen molar-refractivity contribution >= 4 is 10.9 Å². The zero-order chi connectivity index (χ0) is 11.1. The van der Waals surface area contributed by atoms with Gasteiger partial charge >= 0.3 is 0 Å². The predicted molar refractivity (Wildman–Crippen MR) is 57.5 cm³/mol. The molecule has 0 atom stereocenters. The van der Waals surface area contributed by atoms with Crippen LogP contribution in [0.4, 0.5) is 0 Å². The molecule has 1 aromatic carbocycles. The molecular weight excluding hydrogens is 208 g/mol. The second-order valence-electron chi connectivity index (χ2n) is 3.85. The van der Waals surface area contributed by atoms with E-state index in [1.807, 2.05) is 0 Å². The highest BCUT2D eigenvalue weighted by Crippen LogP contribution is 2.18. The van der Waals surface area contributed by atoms with Gasteiger partial charge in [0.15, 0.2) is 0 Å². The molecule has 0 unspecified atom stereocenters. The molecule has 1 aliphatic heterocycles. The Morgan fingerprint density at radius 1 is 1.44 bits per heavy atom. The van der Waals surface area contributed by atoms with Crippen molar-refractivity contribution < 1.29 is 9.84 Å². The Balaban J connectivity index is 2.25. The quantitative estimate of drug-likeness (QED) is 0.764. The Labute approximate surface area is 90.9 Å². The number of benzene rings is 1. The molecule has 0 saturated carbocycles. The summed E-state index contributed by atoms with van der Waals surface area (Å²) < 4.78 is 6.60. The molecule has 5 nitrogen and oxygen atoms in total. The lowest BCUT2D eigenvalue weighted by atomic mass is 10.2. The van der Waals surface area contributed by atoms with Gasteiger partial charge in [0.05, 0.1) is 36.5 Å². The first kappa shape index (κ1) is 9.35. The summed E-state index contributed by atoms with van der Waals surface area (Å²) in [4.78, 5) is 16.3. The largest absolute Gasteiger partial charge is 0.508 e. The van der Waals surface area contributed by atoms with Crippen LogP contribution in [-0.4, -0.2) is 27.9 Å². The topological polar surface area (TPSA) is 64.3 Å². The van der Waals surface area contributed by atoms with Gasteiger partial charge in [-0.1, -0.05) is 0 Å². The van der Waals surface area contributed by atoms with E-state index in [0.717, 1.165) is 0 Å². The van der Waals surface area contributed by atoms with E-state index in [0.29, 0.717) is 24.1 Å². The van der Waals surface area contributed by atoms with Crippen LogP contribution in [0, 0.1) is 0 Å². The third-order valence-electron chi connectivity index (χ3n) is 2.78. The number of phenols is 1. The number of hydrogen-bond donors (Lipinski definition) is 1. The van der Waals surface area contributed by atoms with Crippen LogP contribution in [0.25, 0.3) is 10.9 Å². The van der Waals surface area contributed by atoms with Crippen molar-refractivity contribution in [2.75, 3.05) is 13.2 Å². The lowest BCUT2D eigenvalue weighted by Crippen LogP contribution is -2.37. The van der Waals surface area contributed by atoms with Gasteiger partial charge in [-0.2, -0.15) is 0 Å². The fourth-order valence-electron chi connectivity index (χ4n) is 1.77. The summed E-state index contributed by atoms with van der Waals surface area (Å²) in [5, 5.41) is 9.79. The fraction of sp³-hybridized carbons (Fsp3) is 0.273. The zero-order valence-corrected chi connectivity index (χ0v) is 8.46. The minimum Gasteiger partial charge on any atom is -0.508 e. The van der Waals surface area contributed by atoms with Crippen molar-refractivity contribution in [1.82, 2.24) is 9.55 Å². The molecule has 1 N–H and O–H groups in total. The standard InChI is InChI=1S/C11H10N2O3/c14-8-1-2-10-9(3-8)11(15)13(6-12-10)7-4-16-5-7/h1-3,6-7,14H,4-5H2. The van der Waals surface area contributed by atoms with Crippen molar-refractivity contribution in [2.45, 2.75) is 6.04 Å². The van der Waals surface area contributed by atoms with Crippen molar-refractivity contribution in [2.24, 2.45) is 0 Å². The lowest BCUT2D eigenvalue weighted by molar-refractivity contribution is -0.0250. The molecule has 1 saturated heterocycles. The second-order valence-corrected chi connectivity index (χ2v) is 3.85. The van der Waals surface area contributed by atoms with Crippen LogP contribution < -0.4 is 5.56 Å². The van der Waals surface area contributed by atoms with Crippen molar-refractivity contribution in [1.29, 1.82) is 0 Å². The van der Waals surface area contributed by atoms with Gasteiger partial charge < -0.3 is 9.84 Å². The highest BCUT2D eigenvalue weighted by molar-refractivity contribution is 5.78. The maximum atomic E-state index is 12.1. The van der Waals surface area contributed by atoms with Crippen LogP contribution in [0.1, 0.15) is 6.04 Å². The number of rotatable bonds is 1. The number of nitrogens with zero attached hydrogens (tertiary/aromatic N) is 2. The van der Waals surface area contributed by atoms with Gasteiger partial charge in [-0.15, -0.1) is 0 Å². The Morgan fingerprint density at radius 2 is 2.25 bits per heavy atom. The average molecular weight is 218 g/mol. The number of fused-ring (bicyclic) bond motifs is 1. The van der Waals surface area contributed by atoms with E-state index in [9.17, 15) is 9.90 Å². The van der Waals surface area contributed by atoms with Gasteiger partial charge in [-0.25, -0.2) is 4.98 Å². The SMILES string of the molecule is O=c1c2cc(O)ccc2ncn1C1COC1. The Morgan fingerprint density at radius 3 is 2.94 bits per heavy atom. The van der Waals surface area contributed by atoms with E-state index in [2.05, 4.69) is 4.98 Å². The minimum absolute atomic E-state index is 0.0757. The monoisotopic (exact) mass is 218 g/mol. The van der Waals surface area contributed by atoms with Crippen LogP contribution in [0.15, 0.2) is 29.3 Å². The fourth-order valence-corrected chi connectivity index (χ4v) is 1.77. The smallest absolute Gasteiger partial charge is 0.261 e. The summed E-state index contributed by atoms with van der Waals surface area (Å²) in [6.07, 6.45) is 1.54. The van der Waals surface area contributed by atoms with Gasteiger partial charge in [-0.3, -0.25) is 9.36 Å². The summed E-state index contributed by atoms with van der Waals surface area (Å²) in [5.41, 5.74) is 0.466. The zero-order valence-electron chi connectivity index (χ0n) is 8.46. The lowest BCUT2D eigenvalue weighted by Gasteiger charge is -2.27. The summed E-state index contributed by atoms with van der Waals surface area (Å²) in [7, 11) is 0. The highest BCUT2D eigenvalue weighted by Gasteiger charge is 2.22. The molecule has 1 aromatic heterocycles. The number of aromatic nitrogens is 2. The molecule has 0 radical (unpaired) electrons. The van der Waals surface area contributed by atoms with Gasteiger partial charge in [0, 0.05) is 0 Å². The van der Waals surface area contributed by atoms with Gasteiger partial charge in [-0.05, 0) is 18.2 Å². The maximum absolute atomic E-state index is 12.1. The van der Waals surface area contributed by atoms with Crippen LogP contribution in [-0.2, 0) is 4.74 Å². The molecule has 2 heterocycles. The molecule has 82 valence electrons. The second kappa shape index (κ2) is 3.31. The number of aromatic hydroxyl groups is 1. The van der Waals surface area contributed by atoms with Crippen molar-refractivity contribution in [3.8, 4) is 5.75 Å². The van der Waals surface area contributed by atoms with Crippen molar-refractivity contribution in [3.63, 3.8) is 0 Å². The van der Waals surface area contributed by atoms with Gasteiger partial charge in [0.2, 0.25) is 0 Å². The number of ether oxygens (including phenoxy) is 1. The maximum Gasteiger partial charge on any atom is 0.261 e. The minimum atomic E-state index is -0.130. The third kappa shape index (κ3) is 1.29. The summed E-state index contributed by atoms with van der Waals surface area (Å²) >= 11 is 0. The van der Waals surface area contributed by atoms with E-state index >= 15 is 0 Å². The van der Waals surface area contributed by atoms with E-state index in [1.165, 1.54) is 18.5 Å². The summed E-state index contributed by atoms with van der Waals surface area (Å²) in [5.74, 6) is 0.0778. The first-order valence-electron chi connectivity index (χ1n) is 5.03. The highest BCUT2D eigenvalue weighted by atomic mass is 16.5. The molecule has 1 aliphatic rings.